The van der Waals surface area contributed by atoms with Crippen molar-refractivity contribution in [2.75, 3.05) is 54.1 Å². The molecule has 9 heteroatoms. The van der Waals surface area contributed by atoms with Gasteiger partial charge >= 0.3 is 5.97 Å². The average Bonchev–Trinajstić information content (AvgIpc) is 3.03. The molecule has 0 aliphatic rings. The number of esters is 1. The van der Waals surface area contributed by atoms with Gasteiger partial charge in [0.1, 0.15) is 19.3 Å². The zero-order valence-corrected chi connectivity index (χ0v) is 33.4. The number of hydrogen-bond acceptors (Lipinski definition) is 7. The van der Waals surface area contributed by atoms with E-state index in [1.165, 1.54) is 128 Å². The van der Waals surface area contributed by atoms with Gasteiger partial charge in [-0.3, -0.25) is 9.36 Å². The van der Waals surface area contributed by atoms with Crippen LogP contribution in [0.25, 0.3) is 0 Å². The Morgan fingerprint density at radius 3 is 1.38 bits per heavy atom. The van der Waals surface area contributed by atoms with E-state index >= 15 is 0 Å². The van der Waals surface area contributed by atoms with Gasteiger partial charge in [-0.2, -0.15) is 0 Å². The maximum Gasteiger partial charge on any atom is 0.306 e. The molecule has 0 radical (unpaired) electrons. The first-order valence-corrected chi connectivity index (χ1v) is 21.7. The van der Waals surface area contributed by atoms with E-state index in [0.717, 1.165) is 38.5 Å². The van der Waals surface area contributed by atoms with Crippen molar-refractivity contribution in [1.82, 2.24) is 0 Å². The van der Waals surface area contributed by atoms with E-state index in [9.17, 15) is 14.3 Å². The second kappa shape index (κ2) is 33.6. The zero-order chi connectivity index (χ0) is 35.6. The van der Waals surface area contributed by atoms with Gasteiger partial charge in [0.25, 0.3) is 7.82 Å². The van der Waals surface area contributed by atoms with Crippen LogP contribution in [0, 0.1) is 0 Å². The Balaban J connectivity index is 3.86. The summed E-state index contributed by atoms with van der Waals surface area (Å²) in [4.78, 5) is 24.6. The fourth-order valence-electron chi connectivity index (χ4n) is 5.72. The largest absolute Gasteiger partial charge is 0.756 e. The molecule has 0 aliphatic carbocycles. The van der Waals surface area contributed by atoms with Crippen LogP contribution in [0.2, 0.25) is 0 Å². The molecule has 2 atom stereocenters. The van der Waals surface area contributed by atoms with Gasteiger partial charge in [-0.1, -0.05) is 168 Å². The third kappa shape index (κ3) is 36.8. The van der Waals surface area contributed by atoms with E-state index in [1.807, 2.05) is 21.1 Å². The highest BCUT2D eigenvalue weighted by molar-refractivity contribution is 7.45. The van der Waals surface area contributed by atoms with Crippen LogP contribution in [-0.2, 0) is 27.9 Å². The number of likely N-dealkylation sites (N-methyl/N-ethyl adjacent to an activating group) is 1. The molecule has 0 rings (SSSR count). The van der Waals surface area contributed by atoms with Crippen LogP contribution in [0.15, 0.2) is 0 Å². The van der Waals surface area contributed by atoms with E-state index in [4.69, 9.17) is 18.5 Å². The van der Waals surface area contributed by atoms with Crippen molar-refractivity contribution < 1.29 is 37.3 Å². The van der Waals surface area contributed by atoms with Crippen molar-refractivity contribution >= 4 is 13.8 Å². The Bertz CT molecular complexity index is 746. The van der Waals surface area contributed by atoms with Gasteiger partial charge < -0.3 is 27.9 Å². The summed E-state index contributed by atoms with van der Waals surface area (Å²) < 4.78 is 34.2. The minimum Gasteiger partial charge on any atom is -0.756 e. The van der Waals surface area contributed by atoms with Crippen LogP contribution in [-0.4, -0.2) is 70.7 Å². The number of carbonyl (C=O) groups is 1. The van der Waals surface area contributed by atoms with Gasteiger partial charge in [0, 0.05) is 13.0 Å². The number of carbonyl (C=O) groups excluding carboxylic acids is 1. The van der Waals surface area contributed by atoms with Crippen LogP contribution < -0.4 is 4.89 Å². The van der Waals surface area contributed by atoms with Crippen molar-refractivity contribution in [3.8, 4) is 0 Å². The molecule has 0 bridgehead atoms. The predicted octanol–water partition coefficient (Wildman–Crippen LogP) is 10.7. The van der Waals surface area contributed by atoms with Gasteiger partial charge in [0.2, 0.25) is 0 Å². The number of ether oxygens (including phenoxy) is 2. The number of phosphoric ester groups is 1. The van der Waals surface area contributed by atoms with Gasteiger partial charge in [0.05, 0.1) is 34.4 Å². The summed E-state index contributed by atoms with van der Waals surface area (Å²) in [7, 11) is 1.37. The summed E-state index contributed by atoms with van der Waals surface area (Å²) in [6.45, 7) is 5.32. The average molecular weight is 706 g/mol. The first kappa shape index (κ1) is 47.5. The lowest BCUT2D eigenvalue weighted by Gasteiger charge is -2.28. The summed E-state index contributed by atoms with van der Waals surface area (Å²) in [5.74, 6) is -0.348. The minimum atomic E-state index is -4.50. The predicted molar refractivity (Wildman–Crippen MR) is 199 cm³/mol. The molecular weight excluding hydrogens is 625 g/mol. The summed E-state index contributed by atoms with van der Waals surface area (Å²) >= 11 is 0. The van der Waals surface area contributed by atoms with Crippen molar-refractivity contribution in [2.24, 2.45) is 0 Å². The van der Waals surface area contributed by atoms with E-state index in [0.29, 0.717) is 24.1 Å². The van der Waals surface area contributed by atoms with Crippen molar-refractivity contribution in [3.05, 3.63) is 0 Å². The summed E-state index contributed by atoms with van der Waals surface area (Å²) in [6.07, 6.45) is 33.2. The molecule has 0 N–H and O–H groups in total. The molecule has 8 nitrogen and oxygen atoms in total. The number of nitrogens with zero attached hydrogens (tertiary/aromatic N) is 1. The third-order valence-electron chi connectivity index (χ3n) is 8.91. The van der Waals surface area contributed by atoms with E-state index < -0.39 is 13.9 Å². The van der Waals surface area contributed by atoms with Gasteiger partial charge in [-0.15, -0.1) is 0 Å². The molecule has 0 amide bonds. The summed E-state index contributed by atoms with van der Waals surface area (Å²) in [6, 6.07) is 0. The normalized spacial score (nSPS) is 13.9. The highest BCUT2D eigenvalue weighted by Crippen LogP contribution is 2.38. The molecule has 0 fully saturated rings. The Hall–Kier alpha value is -0.500. The van der Waals surface area contributed by atoms with Crippen LogP contribution in [0.4, 0.5) is 0 Å². The van der Waals surface area contributed by atoms with Crippen LogP contribution in [0.5, 0.6) is 0 Å². The summed E-state index contributed by atoms with van der Waals surface area (Å²) in [5, 5.41) is 0. The van der Waals surface area contributed by atoms with Crippen LogP contribution in [0.3, 0.4) is 0 Å². The lowest BCUT2D eigenvalue weighted by atomic mass is 10.0. The Labute approximate surface area is 298 Å². The van der Waals surface area contributed by atoms with Crippen LogP contribution >= 0.6 is 7.82 Å². The van der Waals surface area contributed by atoms with Gasteiger partial charge in [-0.25, -0.2) is 0 Å². The number of quaternary nitrogens is 1. The smallest absolute Gasteiger partial charge is 0.306 e. The molecular formula is C39H80NO7P. The maximum atomic E-state index is 12.3. The molecule has 0 saturated heterocycles. The van der Waals surface area contributed by atoms with Gasteiger partial charge in [-0.05, 0) is 12.8 Å². The standard InChI is InChI=1S/C39H80NO7P/c1-6-8-10-12-13-14-15-16-17-18-19-20-21-22-23-24-25-26-27-28-29-31-34-44-36-38(47-39(41)32-30-11-9-7-2)37-46-48(42,43)45-35-33-40(3,4)5/h38H,6-37H2,1-5H3. The second-order valence-corrected chi connectivity index (χ2v) is 16.4. The lowest BCUT2D eigenvalue weighted by Crippen LogP contribution is -2.37. The van der Waals surface area contributed by atoms with E-state index in [2.05, 4.69) is 13.8 Å². The number of hydrogen-bond donors (Lipinski definition) is 0. The molecule has 0 spiro atoms. The topological polar surface area (TPSA) is 94.1 Å². The molecule has 0 aromatic rings. The first-order chi connectivity index (χ1) is 23.1. The van der Waals surface area contributed by atoms with E-state index in [-0.39, 0.29) is 25.8 Å². The minimum absolute atomic E-state index is 0.0299. The zero-order valence-electron chi connectivity index (χ0n) is 32.5. The first-order valence-electron chi connectivity index (χ1n) is 20.3. The van der Waals surface area contributed by atoms with Crippen molar-refractivity contribution in [3.63, 3.8) is 0 Å². The molecule has 0 aromatic carbocycles. The number of unbranched alkanes of at least 4 members (excludes halogenated alkanes) is 24. The molecule has 0 heterocycles. The summed E-state index contributed by atoms with van der Waals surface area (Å²) in [5.41, 5.74) is 0. The molecule has 0 saturated carbocycles. The lowest BCUT2D eigenvalue weighted by molar-refractivity contribution is -0.870. The van der Waals surface area contributed by atoms with Crippen molar-refractivity contribution in [1.29, 1.82) is 0 Å². The van der Waals surface area contributed by atoms with E-state index in [1.54, 1.807) is 0 Å². The fraction of sp³-hybridized carbons (Fsp3) is 0.974. The number of rotatable bonds is 38. The molecule has 2 unspecified atom stereocenters. The molecule has 0 aliphatic heterocycles. The Kier molecular flexibility index (Phi) is 33.3. The second-order valence-electron chi connectivity index (χ2n) is 15.0. The SMILES string of the molecule is CCCCCCCCCCCCCCCCCCCCCCCCOCC(COP(=O)([O-])OCC[N+](C)(C)C)OC(=O)CCCCCC. The molecule has 48 heavy (non-hydrogen) atoms. The van der Waals surface area contributed by atoms with Crippen molar-refractivity contribution in [2.45, 2.75) is 193 Å². The maximum absolute atomic E-state index is 12.3. The molecule has 0 aromatic heterocycles. The Morgan fingerprint density at radius 1 is 0.562 bits per heavy atom. The highest BCUT2D eigenvalue weighted by Gasteiger charge is 2.20. The quantitative estimate of drug-likeness (QED) is 0.0273. The van der Waals surface area contributed by atoms with Crippen LogP contribution in [0.1, 0.15) is 187 Å². The third-order valence-corrected chi connectivity index (χ3v) is 9.87. The Morgan fingerprint density at radius 2 is 0.958 bits per heavy atom. The van der Waals surface area contributed by atoms with Gasteiger partial charge in [0.15, 0.2) is 0 Å². The number of phosphoric acid groups is 1. The monoisotopic (exact) mass is 706 g/mol. The molecule has 288 valence electrons. The fourth-order valence-corrected chi connectivity index (χ4v) is 6.45. The highest BCUT2D eigenvalue weighted by atomic mass is 31.2.